The number of carbonyl (C=O) groups is 3. The average Bonchev–Trinajstić information content (AvgIpc) is 4.43. The van der Waals surface area contributed by atoms with E-state index in [1.54, 1.807) is 50.4 Å². The molecule has 10 rings (SSSR count). The molecule has 2 saturated heterocycles. The van der Waals surface area contributed by atoms with Gasteiger partial charge in [0.1, 0.15) is 26.5 Å². The number of nitrogens with one attached hydrogen (secondary N) is 2. The third-order valence-electron chi connectivity index (χ3n) is 15.7. The smallest absolute Gasteiger partial charge is 0.303 e. The highest BCUT2D eigenvalue weighted by atomic mass is 32.2. The molecular formula is C58H76N10O9S4. The molecule has 2 saturated carbocycles. The van der Waals surface area contributed by atoms with Gasteiger partial charge >= 0.3 is 5.97 Å². The van der Waals surface area contributed by atoms with E-state index < -0.39 is 11.2 Å². The third-order valence-corrected chi connectivity index (χ3v) is 19.9. The summed E-state index contributed by atoms with van der Waals surface area (Å²) in [5.74, 6) is 1.13. The summed E-state index contributed by atoms with van der Waals surface area (Å²) in [5.41, 5.74) is 3.56. The number of rotatable bonds is 21. The first-order chi connectivity index (χ1) is 39.4. The number of carbonyl (C=O) groups excluding carboxylic acids is 3. The molecule has 2 amide bonds. The van der Waals surface area contributed by atoms with Gasteiger partial charge in [0.2, 0.25) is 0 Å². The van der Waals surface area contributed by atoms with Crippen molar-refractivity contribution in [2.45, 2.75) is 128 Å². The van der Waals surface area contributed by atoms with Crippen molar-refractivity contribution < 1.29 is 43.9 Å². The van der Waals surface area contributed by atoms with Crippen LogP contribution in [0.3, 0.4) is 0 Å². The van der Waals surface area contributed by atoms with Crippen LogP contribution in [-0.2, 0) is 32.2 Å². The van der Waals surface area contributed by atoms with Crippen LogP contribution in [0.25, 0.3) is 22.5 Å². The van der Waals surface area contributed by atoms with Crippen LogP contribution in [0, 0.1) is 0 Å². The summed E-state index contributed by atoms with van der Waals surface area (Å²) in [6.45, 7) is 6.08. The molecule has 0 bridgehead atoms. The maximum atomic E-state index is 14.2. The predicted octanol–water partition coefficient (Wildman–Crippen LogP) is 7.75. The van der Waals surface area contributed by atoms with Crippen LogP contribution >= 0.6 is 46.2 Å². The second kappa shape index (κ2) is 29.0. The zero-order chi connectivity index (χ0) is 56.8. The topological polar surface area (TPSA) is 232 Å². The highest BCUT2D eigenvalue weighted by molar-refractivity contribution is 8.01. The van der Waals surface area contributed by atoms with E-state index in [4.69, 9.17) is 24.2 Å². The lowest BCUT2D eigenvalue weighted by Gasteiger charge is -2.41. The van der Waals surface area contributed by atoms with Gasteiger partial charge in [-0.2, -0.15) is 0 Å². The lowest BCUT2D eigenvalue weighted by Crippen LogP contribution is -2.54. The van der Waals surface area contributed by atoms with E-state index >= 15 is 0 Å². The summed E-state index contributed by atoms with van der Waals surface area (Å²) in [4.78, 5) is 61.8. The van der Waals surface area contributed by atoms with E-state index in [9.17, 15) is 29.7 Å². The Morgan fingerprint density at radius 2 is 1.14 bits per heavy atom. The number of hydrogen-bond acceptors (Lipinski definition) is 19. The first-order valence-electron chi connectivity index (χ1n) is 28.0. The van der Waals surface area contributed by atoms with Gasteiger partial charge in [-0.3, -0.25) is 14.4 Å². The Hall–Kier alpha value is -5.05. The molecule has 6 heterocycles. The summed E-state index contributed by atoms with van der Waals surface area (Å²) in [6.07, 6.45) is 11.8. The number of methoxy groups -OCH3 is 2. The fourth-order valence-corrected chi connectivity index (χ4v) is 15.6. The molecule has 19 nitrogen and oxygen atoms in total. The van der Waals surface area contributed by atoms with Crippen molar-refractivity contribution in [3.63, 3.8) is 0 Å². The molecule has 4 fully saturated rings. The van der Waals surface area contributed by atoms with Crippen LogP contribution in [0.4, 0.5) is 0 Å². The van der Waals surface area contributed by atoms with Crippen molar-refractivity contribution in [1.29, 1.82) is 0 Å². The fourth-order valence-electron chi connectivity index (χ4n) is 11.7. The molecule has 5 N–H and O–H groups in total. The molecule has 2 aliphatic heterocycles. The number of imidazole rings is 2. The predicted molar refractivity (Wildman–Crippen MR) is 316 cm³/mol. The van der Waals surface area contributed by atoms with Crippen molar-refractivity contribution in [3.8, 4) is 22.5 Å². The van der Waals surface area contributed by atoms with Crippen LogP contribution in [-0.4, -0.2) is 173 Å². The Bertz CT molecular complexity index is 2970. The van der Waals surface area contributed by atoms with E-state index in [1.807, 2.05) is 90.4 Å². The zero-order valence-electron chi connectivity index (χ0n) is 46.5. The highest BCUT2D eigenvalue weighted by Gasteiger charge is 2.44. The van der Waals surface area contributed by atoms with Crippen molar-refractivity contribution in [3.05, 3.63) is 107 Å². The van der Waals surface area contributed by atoms with E-state index in [2.05, 4.69) is 20.6 Å². The number of aliphatic hydroxyl groups is 3. The SMILES string of the molecule is COC[C@]1(O)CCCC[C@H]1n1cnc(C(=O)N2CCNC[C@H]2CCSc2nc(CO)cs2)c1-c1ccccc1.COC[C@]1(O)CCCC[C@H]1n1cnc(C(=O)N2CCNC[C@H]2CCSc2nc(COC(C)=O)cs2)c1-c1ccccc1. The molecule has 81 heavy (non-hydrogen) atoms. The van der Waals surface area contributed by atoms with Crippen molar-refractivity contribution in [1.82, 2.24) is 49.5 Å². The second-order valence-corrected chi connectivity index (χ2v) is 25.6. The minimum Gasteiger partial charge on any atom is -0.459 e. The Labute approximate surface area is 490 Å². The van der Waals surface area contributed by atoms with Crippen LogP contribution in [0.2, 0.25) is 0 Å². The molecule has 4 aliphatic rings. The maximum Gasteiger partial charge on any atom is 0.303 e. The Kier molecular flexibility index (Phi) is 21.7. The lowest BCUT2D eigenvalue weighted by atomic mass is 9.80. The van der Waals surface area contributed by atoms with Gasteiger partial charge in [0, 0.05) is 106 Å². The van der Waals surface area contributed by atoms with E-state index in [1.165, 1.54) is 29.6 Å². The minimum atomic E-state index is -1.03. The number of benzene rings is 2. The third kappa shape index (κ3) is 14.8. The van der Waals surface area contributed by atoms with Gasteiger partial charge in [-0.25, -0.2) is 19.9 Å². The van der Waals surface area contributed by atoms with Crippen LogP contribution in [0.5, 0.6) is 0 Å². The van der Waals surface area contributed by atoms with E-state index in [0.29, 0.717) is 49.6 Å². The number of esters is 1. The highest BCUT2D eigenvalue weighted by Crippen LogP contribution is 2.43. The van der Waals surface area contributed by atoms with E-state index in [0.717, 1.165) is 119 Å². The summed E-state index contributed by atoms with van der Waals surface area (Å²) in [7, 11) is 3.23. The first kappa shape index (κ1) is 60.5. The number of aliphatic hydroxyl groups excluding tert-OH is 1. The molecule has 436 valence electrons. The Morgan fingerprint density at radius 3 is 1.57 bits per heavy atom. The van der Waals surface area contributed by atoms with Gasteiger partial charge < -0.3 is 59.1 Å². The molecule has 4 aromatic heterocycles. The number of thioether (sulfide) groups is 2. The lowest BCUT2D eigenvalue weighted by molar-refractivity contribution is -0.142. The van der Waals surface area contributed by atoms with Gasteiger partial charge in [0.25, 0.3) is 11.8 Å². The summed E-state index contributed by atoms with van der Waals surface area (Å²) in [6, 6.07) is 19.4. The Morgan fingerprint density at radius 1 is 0.679 bits per heavy atom. The molecule has 0 spiro atoms. The van der Waals surface area contributed by atoms with Crippen LogP contribution in [0.15, 0.2) is 92.8 Å². The summed E-state index contributed by atoms with van der Waals surface area (Å²) >= 11 is 6.38. The first-order valence-corrected chi connectivity index (χ1v) is 31.8. The van der Waals surface area contributed by atoms with Gasteiger partial charge in [-0.15, -0.1) is 22.7 Å². The van der Waals surface area contributed by atoms with Crippen LogP contribution in [0.1, 0.15) is 116 Å². The number of amides is 2. The number of aromatic nitrogens is 6. The molecule has 0 unspecified atom stereocenters. The quantitative estimate of drug-likeness (QED) is 0.0343. The number of ether oxygens (including phenoxy) is 3. The minimum absolute atomic E-state index is 0.00751. The normalized spacial score (nSPS) is 23.2. The Balaban J connectivity index is 0.000000196. The van der Waals surface area contributed by atoms with Gasteiger partial charge in [0.05, 0.1) is 67.3 Å². The molecule has 23 heteroatoms. The fraction of sp³-hybridized carbons (Fsp3) is 0.534. The van der Waals surface area contributed by atoms with Gasteiger partial charge in [0.15, 0.2) is 11.4 Å². The number of nitrogens with zero attached hydrogens (tertiary/aromatic N) is 8. The van der Waals surface area contributed by atoms with Crippen molar-refractivity contribution in [2.24, 2.45) is 0 Å². The second-order valence-electron chi connectivity index (χ2n) is 21.2. The van der Waals surface area contributed by atoms with Crippen molar-refractivity contribution in [2.75, 3.05) is 78.2 Å². The van der Waals surface area contributed by atoms with Gasteiger partial charge in [-0.05, 0) is 38.5 Å². The monoisotopic (exact) mass is 1180 g/mol. The van der Waals surface area contributed by atoms with E-state index in [-0.39, 0.29) is 68.4 Å². The number of thiazole rings is 2. The zero-order valence-corrected chi connectivity index (χ0v) is 49.7. The molecule has 6 aromatic rings. The summed E-state index contributed by atoms with van der Waals surface area (Å²) < 4.78 is 21.8. The number of piperazine rings is 2. The largest absolute Gasteiger partial charge is 0.459 e. The molecule has 6 atom stereocenters. The average molecular weight is 1190 g/mol. The standard InChI is InChI=1S/C30H39N5O5S2.C28H37N5O4S2/c1-21(36)40-17-23-18-42-29(33-23)41-15-11-24-16-31-13-14-34(24)28(37)26-27(22-8-4-3-5-9-22)35(20-32-26)25-10-6-7-12-30(25,38)19-39-2;1-37-18-28(36)11-6-5-9-23(28)33-19-30-24(25(33)20-7-3-2-4-8-20)26(35)32-13-12-29-15-22(32)10-14-38-27-31-21(16-34)17-39-27/h3-5,8-9,18,20,24-25,31,38H,6-7,10-17,19H2,1-2H3;2-4,7-8,17,19,22-23,29,34,36H,5-6,9-16,18H2,1H3/t24-,25-,30-;22-,23-,28-/m11/s1. The van der Waals surface area contributed by atoms with Gasteiger partial charge in [-0.1, -0.05) is 110 Å². The molecular weight excluding hydrogens is 1110 g/mol. The number of hydrogen-bond donors (Lipinski definition) is 5. The molecule has 2 aliphatic carbocycles. The molecule has 0 radical (unpaired) electrons. The maximum absolute atomic E-state index is 14.2. The van der Waals surface area contributed by atoms with Crippen molar-refractivity contribution >= 4 is 64.0 Å². The van der Waals surface area contributed by atoms with Crippen LogP contribution < -0.4 is 10.6 Å². The summed E-state index contributed by atoms with van der Waals surface area (Å²) in [5, 5.41) is 43.2. The molecule has 2 aromatic carbocycles.